The lowest BCUT2D eigenvalue weighted by Gasteiger charge is -2.16. The number of amides is 1. The predicted octanol–water partition coefficient (Wildman–Crippen LogP) is 0.343. The van der Waals surface area contributed by atoms with Crippen LogP contribution in [0.25, 0.3) is 0 Å². The lowest BCUT2D eigenvalue weighted by atomic mass is 10.3. The van der Waals surface area contributed by atoms with Crippen LogP contribution in [0.4, 0.5) is 0 Å². The van der Waals surface area contributed by atoms with Gasteiger partial charge in [-0.15, -0.1) is 0 Å². The quantitative estimate of drug-likeness (QED) is 0.773. The van der Waals surface area contributed by atoms with Gasteiger partial charge in [-0.25, -0.2) is 0 Å². The van der Waals surface area contributed by atoms with Crippen molar-refractivity contribution >= 4 is 5.91 Å². The van der Waals surface area contributed by atoms with E-state index in [1.807, 2.05) is 4.90 Å². The van der Waals surface area contributed by atoms with Crippen LogP contribution >= 0.6 is 0 Å². The standard InChI is InChI=1S/C12H18N4O2/c1-15-13-6-10(14-15)8-18-11-4-5-16(7-11)12(17)9-2-3-9/h6,9,11H,2-5,7-8H2,1H3. The Morgan fingerprint density at radius 2 is 2.33 bits per heavy atom. The summed E-state index contributed by atoms with van der Waals surface area (Å²) in [7, 11) is 1.79. The molecule has 1 aliphatic heterocycles. The van der Waals surface area contributed by atoms with Gasteiger partial charge in [-0.3, -0.25) is 4.79 Å². The number of aromatic nitrogens is 3. The minimum atomic E-state index is 0.148. The van der Waals surface area contributed by atoms with Crippen LogP contribution in [0.1, 0.15) is 25.0 Å². The van der Waals surface area contributed by atoms with Gasteiger partial charge < -0.3 is 9.64 Å². The van der Waals surface area contributed by atoms with Gasteiger partial charge in [0.05, 0.1) is 18.9 Å². The molecule has 0 N–H and O–H groups in total. The minimum Gasteiger partial charge on any atom is -0.370 e. The number of carbonyl (C=O) groups is 1. The largest absolute Gasteiger partial charge is 0.370 e. The monoisotopic (exact) mass is 250 g/mol. The summed E-state index contributed by atoms with van der Waals surface area (Å²) in [6.07, 6.45) is 4.93. The smallest absolute Gasteiger partial charge is 0.225 e. The number of rotatable bonds is 4. The molecule has 1 aromatic heterocycles. The van der Waals surface area contributed by atoms with Gasteiger partial charge in [-0.05, 0) is 19.3 Å². The number of aryl methyl sites for hydroxylation is 1. The molecule has 1 saturated carbocycles. The first-order chi connectivity index (χ1) is 8.72. The van der Waals surface area contributed by atoms with Crippen molar-refractivity contribution in [3.05, 3.63) is 11.9 Å². The minimum absolute atomic E-state index is 0.148. The topological polar surface area (TPSA) is 60.2 Å². The van der Waals surface area contributed by atoms with Crippen LogP contribution in [0, 0.1) is 5.92 Å². The highest BCUT2D eigenvalue weighted by Gasteiger charge is 2.36. The maximum atomic E-state index is 11.9. The Balaban J connectivity index is 1.46. The fraction of sp³-hybridized carbons (Fsp3) is 0.750. The van der Waals surface area contributed by atoms with Crippen molar-refractivity contribution in [3.63, 3.8) is 0 Å². The summed E-state index contributed by atoms with van der Waals surface area (Å²) in [4.78, 5) is 15.3. The second-order valence-electron chi connectivity index (χ2n) is 5.11. The van der Waals surface area contributed by atoms with Gasteiger partial charge in [0.2, 0.25) is 5.91 Å². The van der Waals surface area contributed by atoms with Gasteiger partial charge in [0.1, 0.15) is 5.69 Å². The second-order valence-corrected chi connectivity index (χ2v) is 5.11. The third kappa shape index (κ3) is 2.53. The third-order valence-corrected chi connectivity index (χ3v) is 3.50. The lowest BCUT2D eigenvalue weighted by molar-refractivity contribution is -0.132. The van der Waals surface area contributed by atoms with Gasteiger partial charge in [0.15, 0.2) is 0 Å². The van der Waals surface area contributed by atoms with Crippen molar-refractivity contribution in [2.45, 2.75) is 32.0 Å². The van der Waals surface area contributed by atoms with E-state index in [0.717, 1.165) is 38.0 Å². The fourth-order valence-electron chi connectivity index (χ4n) is 2.31. The van der Waals surface area contributed by atoms with Crippen LogP contribution < -0.4 is 0 Å². The maximum Gasteiger partial charge on any atom is 0.225 e. The summed E-state index contributed by atoms with van der Waals surface area (Å²) in [5.74, 6) is 0.629. The Hall–Kier alpha value is -1.43. The molecule has 1 saturated heterocycles. The molecule has 0 spiro atoms. The number of hydrogen-bond acceptors (Lipinski definition) is 4. The average molecular weight is 250 g/mol. The first-order valence-corrected chi connectivity index (χ1v) is 6.48. The van der Waals surface area contributed by atoms with E-state index < -0.39 is 0 Å². The zero-order valence-electron chi connectivity index (χ0n) is 10.6. The molecule has 0 radical (unpaired) electrons. The summed E-state index contributed by atoms with van der Waals surface area (Å²) < 4.78 is 5.77. The molecule has 1 atom stereocenters. The summed E-state index contributed by atoms with van der Waals surface area (Å²) in [5.41, 5.74) is 0.837. The van der Waals surface area contributed by atoms with Crippen LogP contribution in [-0.2, 0) is 23.2 Å². The Morgan fingerprint density at radius 3 is 3.00 bits per heavy atom. The summed E-state index contributed by atoms with van der Waals surface area (Å²) in [6, 6.07) is 0. The highest BCUT2D eigenvalue weighted by atomic mass is 16.5. The van der Waals surface area contributed by atoms with Crippen molar-refractivity contribution in [3.8, 4) is 0 Å². The zero-order chi connectivity index (χ0) is 12.5. The van der Waals surface area contributed by atoms with Crippen LogP contribution in [0.2, 0.25) is 0 Å². The summed E-state index contributed by atoms with van der Waals surface area (Å²) in [5, 5.41) is 8.16. The van der Waals surface area contributed by atoms with Gasteiger partial charge >= 0.3 is 0 Å². The van der Waals surface area contributed by atoms with Gasteiger partial charge in [-0.1, -0.05) is 0 Å². The van der Waals surface area contributed by atoms with E-state index in [1.54, 1.807) is 13.2 Å². The summed E-state index contributed by atoms with van der Waals surface area (Å²) in [6.45, 7) is 2.04. The number of ether oxygens (including phenoxy) is 1. The van der Waals surface area contributed by atoms with Crippen LogP contribution in [0.3, 0.4) is 0 Å². The first-order valence-electron chi connectivity index (χ1n) is 6.48. The molecule has 98 valence electrons. The molecular formula is C12H18N4O2. The number of carbonyl (C=O) groups excluding carboxylic acids is 1. The van der Waals surface area contributed by atoms with Gasteiger partial charge in [0, 0.05) is 26.1 Å². The molecule has 18 heavy (non-hydrogen) atoms. The molecular weight excluding hydrogens is 232 g/mol. The van der Waals surface area contributed by atoms with Crippen molar-refractivity contribution in [1.29, 1.82) is 0 Å². The Labute approximate surface area is 106 Å². The van der Waals surface area contributed by atoms with E-state index in [-0.39, 0.29) is 6.10 Å². The van der Waals surface area contributed by atoms with Crippen LogP contribution in [0.5, 0.6) is 0 Å². The van der Waals surface area contributed by atoms with Crippen LogP contribution in [0.15, 0.2) is 6.20 Å². The average Bonchev–Trinajstić information content (AvgIpc) is 2.96. The molecule has 2 aliphatic rings. The van der Waals surface area contributed by atoms with E-state index in [0.29, 0.717) is 18.4 Å². The molecule has 1 aromatic rings. The zero-order valence-corrected chi connectivity index (χ0v) is 10.6. The van der Waals surface area contributed by atoms with E-state index in [1.165, 1.54) is 4.80 Å². The number of likely N-dealkylation sites (tertiary alicyclic amines) is 1. The Bertz CT molecular complexity index is 441. The summed E-state index contributed by atoms with van der Waals surface area (Å²) >= 11 is 0. The lowest BCUT2D eigenvalue weighted by Crippen LogP contribution is -2.31. The number of hydrogen-bond donors (Lipinski definition) is 0. The molecule has 0 aromatic carbocycles. The molecule has 3 rings (SSSR count). The molecule has 1 unspecified atom stereocenters. The first kappa shape index (κ1) is 11.6. The molecule has 1 amide bonds. The van der Waals surface area contributed by atoms with E-state index >= 15 is 0 Å². The third-order valence-electron chi connectivity index (χ3n) is 3.50. The molecule has 6 heteroatoms. The van der Waals surface area contributed by atoms with E-state index in [2.05, 4.69) is 10.2 Å². The SMILES string of the molecule is Cn1ncc(COC2CCN(C(=O)C3CC3)C2)n1. The van der Waals surface area contributed by atoms with Gasteiger partial charge in [0.25, 0.3) is 0 Å². The number of nitrogens with zero attached hydrogens (tertiary/aromatic N) is 4. The molecule has 6 nitrogen and oxygen atoms in total. The highest BCUT2D eigenvalue weighted by molar-refractivity contribution is 5.81. The highest BCUT2D eigenvalue weighted by Crippen LogP contribution is 2.32. The Morgan fingerprint density at radius 1 is 1.50 bits per heavy atom. The van der Waals surface area contributed by atoms with Gasteiger partial charge in [-0.2, -0.15) is 15.0 Å². The molecule has 2 fully saturated rings. The second kappa shape index (κ2) is 4.68. The van der Waals surface area contributed by atoms with Crippen molar-refractivity contribution in [1.82, 2.24) is 19.9 Å². The van der Waals surface area contributed by atoms with Crippen molar-refractivity contribution in [2.75, 3.05) is 13.1 Å². The predicted molar refractivity (Wildman–Crippen MR) is 63.5 cm³/mol. The normalized spacial score (nSPS) is 23.6. The molecule has 0 bridgehead atoms. The Kier molecular flexibility index (Phi) is 3.03. The molecule has 2 heterocycles. The van der Waals surface area contributed by atoms with Crippen LogP contribution in [-0.4, -0.2) is 45.0 Å². The fourth-order valence-corrected chi connectivity index (χ4v) is 2.31. The maximum absolute atomic E-state index is 11.9. The van der Waals surface area contributed by atoms with Crippen molar-refractivity contribution < 1.29 is 9.53 Å². The van der Waals surface area contributed by atoms with E-state index in [9.17, 15) is 4.79 Å². The van der Waals surface area contributed by atoms with E-state index in [4.69, 9.17) is 4.74 Å². The van der Waals surface area contributed by atoms with Crippen molar-refractivity contribution in [2.24, 2.45) is 13.0 Å². The molecule has 1 aliphatic carbocycles.